The Bertz CT molecular complexity index is 756. The minimum absolute atomic E-state index is 0.216. The molecule has 0 aliphatic heterocycles. The second-order valence-electron chi connectivity index (χ2n) is 19.0. The van der Waals surface area contributed by atoms with Gasteiger partial charge in [0.15, 0.2) is 0 Å². The van der Waals surface area contributed by atoms with E-state index in [4.69, 9.17) is 0 Å². The number of hydrogen-bond acceptors (Lipinski definition) is 2. The van der Waals surface area contributed by atoms with Crippen LogP contribution in [0.25, 0.3) is 0 Å². The van der Waals surface area contributed by atoms with E-state index in [-0.39, 0.29) is 11.8 Å². The molecule has 0 heterocycles. The predicted octanol–water partition coefficient (Wildman–Crippen LogP) is 14.7. The molecule has 2 nitrogen and oxygen atoms in total. The minimum Gasteiger partial charge on any atom is -0.390 e. The Morgan fingerprint density at radius 3 is 0.796 bits per heavy atom. The van der Waals surface area contributed by atoms with Gasteiger partial charge in [0.1, 0.15) is 0 Å². The normalized spacial score (nSPS) is 17.2. The maximum atomic E-state index is 9.69. The molecule has 0 aromatic rings. The van der Waals surface area contributed by atoms with Crippen molar-refractivity contribution >= 4 is 0 Å². The summed E-state index contributed by atoms with van der Waals surface area (Å²) in [5.74, 6) is 8.57. The fourth-order valence-corrected chi connectivity index (χ4v) is 3.58. The van der Waals surface area contributed by atoms with Gasteiger partial charge in [0, 0.05) is 11.8 Å². The van der Waals surface area contributed by atoms with E-state index in [0.29, 0.717) is 35.5 Å². The third-order valence-electron chi connectivity index (χ3n) is 11.1. The van der Waals surface area contributed by atoms with Crippen molar-refractivity contribution in [2.75, 3.05) is 0 Å². The number of rotatable bonds is 17. The van der Waals surface area contributed by atoms with Gasteiger partial charge >= 0.3 is 0 Å². The lowest BCUT2D eigenvalue weighted by Gasteiger charge is -2.23. The van der Waals surface area contributed by atoms with Crippen molar-refractivity contribution in [3.63, 3.8) is 0 Å². The molecular weight excluding hydrogens is 597 g/mol. The van der Waals surface area contributed by atoms with Crippen LogP contribution in [0.5, 0.6) is 0 Å². The maximum Gasteiger partial charge on any atom is 0.0651 e. The van der Waals surface area contributed by atoms with Gasteiger partial charge < -0.3 is 10.2 Å². The van der Waals surface area contributed by atoms with Crippen molar-refractivity contribution in [2.45, 2.75) is 190 Å². The largest absolute Gasteiger partial charge is 0.390 e. The molecule has 0 saturated carbocycles. The monoisotopic (exact) mass is 693 g/mol. The molecule has 49 heavy (non-hydrogen) atoms. The van der Waals surface area contributed by atoms with Crippen LogP contribution in [-0.2, 0) is 0 Å². The summed E-state index contributed by atoms with van der Waals surface area (Å²) in [5.41, 5.74) is -1.21. The van der Waals surface area contributed by atoms with E-state index < -0.39 is 11.2 Å². The van der Waals surface area contributed by atoms with Gasteiger partial charge in [-0.3, -0.25) is 0 Å². The van der Waals surface area contributed by atoms with Crippen LogP contribution in [0.4, 0.5) is 0 Å². The Morgan fingerprint density at radius 1 is 0.367 bits per heavy atom. The van der Waals surface area contributed by atoms with Gasteiger partial charge in [0.2, 0.25) is 0 Å². The second kappa shape index (κ2) is 28.7. The molecule has 0 radical (unpaired) electrons. The van der Waals surface area contributed by atoms with E-state index in [1.807, 2.05) is 41.5 Å². The first-order valence-corrected chi connectivity index (χ1v) is 20.5. The summed E-state index contributed by atoms with van der Waals surface area (Å²) in [5, 5.41) is 19.4. The van der Waals surface area contributed by atoms with E-state index in [2.05, 4.69) is 154 Å². The van der Waals surface area contributed by atoms with E-state index in [0.717, 1.165) is 29.6 Å². The van der Waals surface area contributed by atoms with Gasteiger partial charge in [0.05, 0.1) is 11.2 Å². The highest BCUT2D eigenvalue weighted by atomic mass is 16.3. The first-order valence-electron chi connectivity index (χ1n) is 20.5. The molecule has 0 aliphatic carbocycles. The van der Waals surface area contributed by atoms with Crippen molar-refractivity contribution in [1.82, 2.24) is 0 Å². The van der Waals surface area contributed by atoms with Crippen molar-refractivity contribution in [2.24, 2.45) is 76.9 Å². The highest BCUT2D eigenvalue weighted by Crippen LogP contribution is 2.21. The summed E-state index contributed by atoms with van der Waals surface area (Å²) in [6, 6.07) is 0. The Labute approximate surface area is 312 Å². The molecule has 0 saturated heterocycles. The van der Waals surface area contributed by atoms with Crippen molar-refractivity contribution in [3.8, 4) is 0 Å². The SMILES string of the molecule is CC(C)CCC[C@@H](C)C(C)C.CC(C)[C@H](C)/C=C/[C@@H](C)C(C)(C)O.CC(C)[C@H](C)/C=C/[C@H](C)C(C)(C)O.CC(C)[C@H](C)/C=C/[C@H](C)C(C)C. The van der Waals surface area contributed by atoms with Crippen molar-refractivity contribution < 1.29 is 10.2 Å². The molecule has 0 amide bonds. The quantitative estimate of drug-likeness (QED) is 0.149. The molecular formula is C47H96O2. The molecule has 0 unspecified atom stereocenters. The molecule has 0 spiro atoms. The smallest absolute Gasteiger partial charge is 0.0651 e. The van der Waals surface area contributed by atoms with Crippen LogP contribution >= 0.6 is 0 Å². The first kappa shape index (κ1) is 54.9. The van der Waals surface area contributed by atoms with Gasteiger partial charge in [-0.1, -0.05) is 187 Å². The summed E-state index contributed by atoms with van der Waals surface area (Å²) < 4.78 is 0. The fourth-order valence-electron chi connectivity index (χ4n) is 3.58. The number of allylic oxidation sites excluding steroid dienone is 4. The molecule has 7 atom stereocenters. The lowest BCUT2D eigenvalue weighted by Crippen LogP contribution is -2.27. The zero-order chi connectivity index (χ0) is 39.9. The van der Waals surface area contributed by atoms with E-state index in [1.54, 1.807) is 0 Å². The maximum absolute atomic E-state index is 9.69. The molecule has 0 aliphatic rings. The summed E-state index contributed by atoms with van der Waals surface area (Å²) in [6.07, 6.45) is 17.6. The van der Waals surface area contributed by atoms with Crippen LogP contribution in [0.3, 0.4) is 0 Å². The summed E-state index contributed by atoms with van der Waals surface area (Å²) >= 11 is 0. The van der Waals surface area contributed by atoms with Crippen LogP contribution in [-0.4, -0.2) is 21.4 Å². The Hall–Kier alpha value is -0.860. The molecule has 0 fully saturated rings. The number of hydrogen-bond donors (Lipinski definition) is 2. The van der Waals surface area contributed by atoms with Crippen LogP contribution < -0.4 is 0 Å². The molecule has 2 N–H and O–H groups in total. The number of aliphatic hydroxyl groups is 2. The van der Waals surface area contributed by atoms with Gasteiger partial charge in [-0.2, -0.15) is 0 Å². The molecule has 296 valence electrons. The summed E-state index contributed by atoms with van der Waals surface area (Å²) in [6.45, 7) is 50.0. The van der Waals surface area contributed by atoms with E-state index in [9.17, 15) is 10.2 Å². The lowest BCUT2D eigenvalue weighted by molar-refractivity contribution is 0.0434. The van der Waals surface area contributed by atoms with Crippen molar-refractivity contribution in [1.29, 1.82) is 0 Å². The van der Waals surface area contributed by atoms with Gasteiger partial charge in [-0.05, 0) is 92.8 Å². The summed E-state index contributed by atoms with van der Waals surface area (Å²) in [7, 11) is 0. The summed E-state index contributed by atoms with van der Waals surface area (Å²) in [4.78, 5) is 0. The third kappa shape index (κ3) is 35.3. The predicted molar refractivity (Wildman–Crippen MR) is 227 cm³/mol. The second-order valence-corrected chi connectivity index (χ2v) is 19.0. The van der Waals surface area contributed by atoms with Gasteiger partial charge in [0.25, 0.3) is 0 Å². The molecule has 0 aromatic carbocycles. The third-order valence-corrected chi connectivity index (χ3v) is 11.1. The van der Waals surface area contributed by atoms with Crippen LogP contribution in [0.15, 0.2) is 36.5 Å². The molecule has 0 aromatic heterocycles. The molecule has 0 rings (SSSR count). The first-order chi connectivity index (χ1) is 22.0. The molecule has 2 heteroatoms. The average molecular weight is 693 g/mol. The Morgan fingerprint density at radius 2 is 0.612 bits per heavy atom. The van der Waals surface area contributed by atoms with E-state index in [1.165, 1.54) is 19.3 Å². The highest BCUT2D eigenvalue weighted by molar-refractivity contribution is 4.97. The molecule has 0 bridgehead atoms. The van der Waals surface area contributed by atoms with Crippen molar-refractivity contribution in [3.05, 3.63) is 36.5 Å². The lowest BCUT2D eigenvalue weighted by atomic mass is 9.90. The standard InChI is InChI=1S/2C12H24O.C12H24.C11H24/c2*1-9(2)10(3)7-8-11(4)12(5,6)13;1-9(2)11(5)7-8-12(6)10(3)4;1-9(2)7-6-8-11(5)10(3)4/h2*7-11,13H,1-6H3;7-12H,1-6H3;9-11H,6-8H2,1-5H3/b3*8-7+;/t10-,11+;10-,11-;11-,12+;11-/m11.1/s1. The zero-order valence-corrected chi connectivity index (χ0v) is 38.0. The van der Waals surface area contributed by atoms with Gasteiger partial charge in [-0.15, -0.1) is 0 Å². The van der Waals surface area contributed by atoms with Crippen LogP contribution in [0.2, 0.25) is 0 Å². The van der Waals surface area contributed by atoms with Crippen LogP contribution in [0.1, 0.15) is 179 Å². The minimum atomic E-state index is -0.604. The topological polar surface area (TPSA) is 40.5 Å². The van der Waals surface area contributed by atoms with Gasteiger partial charge in [-0.25, -0.2) is 0 Å². The average Bonchev–Trinajstić information content (AvgIpc) is 2.95. The Balaban J connectivity index is -0.000000276. The fraction of sp³-hybridized carbons (Fsp3) is 0.872. The van der Waals surface area contributed by atoms with Crippen LogP contribution in [0, 0.1) is 76.9 Å². The zero-order valence-electron chi connectivity index (χ0n) is 38.0. The highest BCUT2D eigenvalue weighted by Gasteiger charge is 2.20. The van der Waals surface area contributed by atoms with E-state index >= 15 is 0 Å². The Kier molecular flexibility index (Phi) is 32.2.